The van der Waals surface area contributed by atoms with Gasteiger partial charge < -0.3 is 14.6 Å². The van der Waals surface area contributed by atoms with Crippen LogP contribution >= 0.6 is 11.6 Å². The van der Waals surface area contributed by atoms with Crippen LogP contribution in [-0.4, -0.2) is 29.7 Å². The molecule has 2 heterocycles. The largest absolute Gasteiger partial charge is 0.376 e. The zero-order chi connectivity index (χ0) is 19.4. The molecule has 1 aliphatic heterocycles. The highest BCUT2D eigenvalue weighted by molar-refractivity contribution is 6.30. The summed E-state index contributed by atoms with van der Waals surface area (Å²) in [6.07, 6.45) is 3.62. The van der Waals surface area contributed by atoms with E-state index in [-0.39, 0.29) is 17.6 Å². The summed E-state index contributed by atoms with van der Waals surface area (Å²) in [5.41, 5.74) is 3.79. The molecule has 0 bridgehead atoms. The third kappa shape index (κ3) is 4.41. The van der Waals surface area contributed by atoms with E-state index in [1.807, 2.05) is 50.2 Å². The summed E-state index contributed by atoms with van der Waals surface area (Å²) in [6.45, 7) is 5.10. The van der Waals surface area contributed by atoms with Crippen molar-refractivity contribution in [3.8, 4) is 11.8 Å². The van der Waals surface area contributed by atoms with Crippen LogP contribution in [0.25, 0.3) is 11.8 Å². The number of halogens is 1. The Kier molecular flexibility index (Phi) is 6.00. The molecule has 3 rings (SSSR count). The Morgan fingerprint density at radius 1 is 1.44 bits per heavy atom. The van der Waals surface area contributed by atoms with Crippen LogP contribution in [0.2, 0.25) is 5.02 Å². The first-order valence-electron chi connectivity index (χ1n) is 8.96. The molecule has 5 nitrogen and oxygen atoms in total. The zero-order valence-corrected chi connectivity index (χ0v) is 16.2. The van der Waals surface area contributed by atoms with Crippen LogP contribution < -0.4 is 5.32 Å². The molecule has 1 aromatic heterocycles. The summed E-state index contributed by atoms with van der Waals surface area (Å²) in [4.78, 5) is 12.4. The lowest BCUT2D eigenvalue weighted by Crippen LogP contribution is -2.32. The Morgan fingerprint density at radius 3 is 2.93 bits per heavy atom. The van der Waals surface area contributed by atoms with Gasteiger partial charge in [0.05, 0.1) is 6.10 Å². The number of carbonyl (C=O) groups excluding carboxylic acids is 1. The molecule has 140 valence electrons. The third-order valence-electron chi connectivity index (χ3n) is 4.72. The number of ether oxygens (including phenoxy) is 1. The average Bonchev–Trinajstić information content (AvgIpc) is 3.25. The number of nitriles is 1. The van der Waals surface area contributed by atoms with Crippen molar-refractivity contribution in [1.29, 1.82) is 5.26 Å². The fourth-order valence-electron chi connectivity index (χ4n) is 3.36. The fourth-order valence-corrected chi connectivity index (χ4v) is 3.54. The smallest absolute Gasteiger partial charge is 0.262 e. The summed E-state index contributed by atoms with van der Waals surface area (Å²) in [5.74, 6) is -0.374. The van der Waals surface area contributed by atoms with E-state index in [0.717, 1.165) is 42.1 Å². The summed E-state index contributed by atoms with van der Waals surface area (Å²) in [7, 11) is 0. The minimum Gasteiger partial charge on any atom is -0.376 e. The summed E-state index contributed by atoms with van der Waals surface area (Å²) < 4.78 is 7.55. The van der Waals surface area contributed by atoms with Crippen LogP contribution in [0.5, 0.6) is 0 Å². The van der Waals surface area contributed by atoms with Gasteiger partial charge in [0.2, 0.25) is 0 Å². The second-order valence-corrected chi connectivity index (χ2v) is 7.09. The van der Waals surface area contributed by atoms with Gasteiger partial charge in [-0.05, 0) is 62.6 Å². The quantitative estimate of drug-likeness (QED) is 0.628. The van der Waals surface area contributed by atoms with E-state index in [9.17, 15) is 10.1 Å². The van der Waals surface area contributed by atoms with E-state index in [1.54, 1.807) is 6.08 Å². The van der Waals surface area contributed by atoms with Gasteiger partial charge in [-0.15, -0.1) is 0 Å². The highest BCUT2D eigenvalue weighted by Crippen LogP contribution is 2.24. The van der Waals surface area contributed by atoms with Crippen molar-refractivity contribution in [2.45, 2.75) is 32.8 Å². The van der Waals surface area contributed by atoms with Crippen LogP contribution in [0.15, 0.2) is 35.9 Å². The van der Waals surface area contributed by atoms with Crippen molar-refractivity contribution in [2.24, 2.45) is 0 Å². The number of amides is 1. The maximum Gasteiger partial charge on any atom is 0.262 e. The number of benzene rings is 1. The molecular formula is C21H22ClN3O2. The van der Waals surface area contributed by atoms with Crippen molar-refractivity contribution in [2.75, 3.05) is 13.2 Å². The predicted molar refractivity (Wildman–Crippen MR) is 106 cm³/mol. The van der Waals surface area contributed by atoms with Gasteiger partial charge in [0, 0.05) is 35.2 Å². The van der Waals surface area contributed by atoms with Crippen molar-refractivity contribution in [1.82, 2.24) is 9.88 Å². The third-order valence-corrected chi connectivity index (χ3v) is 4.95. The van der Waals surface area contributed by atoms with E-state index in [1.165, 1.54) is 0 Å². The number of rotatable bonds is 5. The number of aryl methyl sites for hydroxylation is 1. The molecule has 0 saturated carbocycles. The number of nitrogens with zero attached hydrogens (tertiary/aromatic N) is 2. The SMILES string of the molecule is Cc1cc(/C=C(\C#N)C(=O)NC[C@H]2CCCO2)c(C)n1-c1cccc(Cl)c1. The highest BCUT2D eigenvalue weighted by atomic mass is 35.5. The van der Waals surface area contributed by atoms with Crippen LogP contribution in [0.3, 0.4) is 0 Å². The summed E-state index contributed by atoms with van der Waals surface area (Å²) in [5, 5.41) is 12.9. The van der Waals surface area contributed by atoms with Gasteiger partial charge in [0.25, 0.3) is 5.91 Å². The molecule has 1 fully saturated rings. The minimum atomic E-state index is -0.374. The zero-order valence-electron chi connectivity index (χ0n) is 15.5. The topological polar surface area (TPSA) is 67.1 Å². The van der Waals surface area contributed by atoms with Crippen LogP contribution in [0.4, 0.5) is 0 Å². The first-order valence-corrected chi connectivity index (χ1v) is 9.34. The van der Waals surface area contributed by atoms with E-state index in [2.05, 4.69) is 9.88 Å². The molecule has 1 aliphatic rings. The maximum atomic E-state index is 12.4. The molecule has 0 unspecified atom stereocenters. The minimum absolute atomic E-state index is 0.0433. The number of nitrogens with one attached hydrogen (secondary N) is 1. The van der Waals surface area contributed by atoms with Gasteiger partial charge in [-0.25, -0.2) is 0 Å². The Balaban J connectivity index is 1.83. The molecule has 0 aliphatic carbocycles. The first-order chi connectivity index (χ1) is 13.0. The number of carbonyl (C=O) groups is 1. The Bertz CT molecular complexity index is 918. The molecule has 6 heteroatoms. The predicted octanol–water partition coefficient (Wildman–Crippen LogP) is 3.95. The van der Waals surface area contributed by atoms with Gasteiger partial charge in [0.1, 0.15) is 11.6 Å². The van der Waals surface area contributed by atoms with Gasteiger partial charge in [0.15, 0.2) is 0 Å². The molecular weight excluding hydrogens is 362 g/mol. The molecule has 0 radical (unpaired) electrons. The van der Waals surface area contributed by atoms with Crippen molar-refractivity contribution >= 4 is 23.6 Å². The average molecular weight is 384 g/mol. The second-order valence-electron chi connectivity index (χ2n) is 6.66. The number of hydrogen-bond donors (Lipinski definition) is 1. The lowest BCUT2D eigenvalue weighted by molar-refractivity contribution is -0.117. The summed E-state index contributed by atoms with van der Waals surface area (Å²) >= 11 is 6.11. The lowest BCUT2D eigenvalue weighted by Gasteiger charge is -2.11. The summed E-state index contributed by atoms with van der Waals surface area (Å²) in [6, 6.07) is 11.5. The Labute approximate surface area is 164 Å². The van der Waals surface area contributed by atoms with E-state index in [0.29, 0.717) is 11.6 Å². The molecule has 1 atom stereocenters. The fraction of sp³-hybridized carbons (Fsp3) is 0.333. The Morgan fingerprint density at radius 2 is 2.26 bits per heavy atom. The molecule has 27 heavy (non-hydrogen) atoms. The maximum absolute atomic E-state index is 12.4. The lowest BCUT2D eigenvalue weighted by atomic mass is 10.1. The highest BCUT2D eigenvalue weighted by Gasteiger charge is 2.18. The normalized spacial score (nSPS) is 17.0. The molecule has 1 aromatic carbocycles. The molecule has 1 amide bonds. The standard InChI is InChI=1S/C21H22ClN3O2/c1-14-9-16(15(2)25(14)19-6-3-5-18(22)11-19)10-17(12-23)21(26)24-13-20-7-4-8-27-20/h3,5-6,9-11,20H,4,7-8,13H2,1-2H3,(H,24,26)/b17-10+/t20-/m1/s1. The van der Waals surface area contributed by atoms with Crippen molar-refractivity contribution < 1.29 is 9.53 Å². The van der Waals surface area contributed by atoms with E-state index < -0.39 is 0 Å². The second kappa shape index (κ2) is 8.43. The Hall–Kier alpha value is -2.55. The van der Waals surface area contributed by atoms with E-state index >= 15 is 0 Å². The van der Waals surface area contributed by atoms with Gasteiger partial charge >= 0.3 is 0 Å². The van der Waals surface area contributed by atoms with Crippen LogP contribution in [0, 0.1) is 25.2 Å². The van der Waals surface area contributed by atoms with Gasteiger partial charge in [-0.1, -0.05) is 17.7 Å². The number of aromatic nitrogens is 1. The number of hydrogen-bond acceptors (Lipinski definition) is 3. The monoisotopic (exact) mass is 383 g/mol. The van der Waals surface area contributed by atoms with Gasteiger partial charge in [-0.2, -0.15) is 5.26 Å². The van der Waals surface area contributed by atoms with E-state index in [4.69, 9.17) is 16.3 Å². The van der Waals surface area contributed by atoms with Crippen LogP contribution in [-0.2, 0) is 9.53 Å². The molecule has 2 aromatic rings. The van der Waals surface area contributed by atoms with Gasteiger partial charge in [-0.3, -0.25) is 4.79 Å². The van der Waals surface area contributed by atoms with Crippen LogP contribution in [0.1, 0.15) is 29.8 Å². The molecule has 0 spiro atoms. The first kappa shape index (κ1) is 19.2. The van der Waals surface area contributed by atoms with Crippen molar-refractivity contribution in [3.63, 3.8) is 0 Å². The van der Waals surface area contributed by atoms with Crippen molar-refractivity contribution in [3.05, 3.63) is 57.9 Å². The molecule has 1 N–H and O–H groups in total. The molecule has 1 saturated heterocycles.